The molecule has 4 aromatic rings. The van der Waals surface area contributed by atoms with Crippen molar-refractivity contribution in [3.8, 4) is 5.75 Å². The second-order valence-corrected chi connectivity index (χ2v) is 18.5. The average Bonchev–Trinajstić information content (AvgIpc) is 3.26. The molecule has 0 aliphatic carbocycles. The molecule has 346 valence electrons. The van der Waals surface area contributed by atoms with Gasteiger partial charge in [-0.05, 0) is 100 Å². The lowest BCUT2D eigenvalue weighted by atomic mass is 9.68. The van der Waals surface area contributed by atoms with E-state index in [-0.39, 0.29) is 54.5 Å². The molecule has 4 aliphatic rings. The summed E-state index contributed by atoms with van der Waals surface area (Å²) < 4.78 is 39.5. The van der Waals surface area contributed by atoms with E-state index in [1.807, 2.05) is 32.0 Å². The fraction of sp³-hybridized carbons (Fsp3) is 0.500. The number of fused-ring (bicyclic) bond motifs is 1. The maximum absolute atomic E-state index is 16.1. The molecule has 2 aromatic carbocycles. The molecule has 4 saturated heterocycles. The number of likely N-dealkylation sites (N-methyl/N-ethyl adjacent to an activating group) is 1. The van der Waals surface area contributed by atoms with Crippen molar-refractivity contribution < 1.29 is 32.7 Å². The van der Waals surface area contributed by atoms with Gasteiger partial charge in [0.2, 0.25) is 17.8 Å². The number of ketones is 1. The molecule has 1 atom stereocenters. The Morgan fingerprint density at radius 3 is 2.46 bits per heavy atom. The Balaban J connectivity index is 0.849. The highest BCUT2D eigenvalue weighted by Crippen LogP contribution is 2.51. The van der Waals surface area contributed by atoms with Gasteiger partial charge in [0.1, 0.15) is 5.02 Å². The number of benzene rings is 2. The highest BCUT2D eigenvalue weighted by Gasteiger charge is 2.62. The van der Waals surface area contributed by atoms with E-state index in [2.05, 4.69) is 36.1 Å². The highest BCUT2D eigenvalue weighted by atomic mass is 35.5. The third kappa shape index (κ3) is 9.65. The maximum Gasteiger partial charge on any atom is 0.293 e. The standard InChI is InChI=1S/C46H55ClF2N10O6/c1-27(2)59-37-9-5-32(17-30(37)19-38(43(59)64)65-23-40(62)50-4)53-41-35(47)21-52-44(55-41)57-14-11-29(12-15-57)22-56-24-45(25-56)13-16-58(26-46(45,48)49)33-6-7-34(28(3)60)31(18-33)20-51-36-8-10-39(61)54-42(36)63/h5-7,9,17-19,21,27,29,36,51H,8,10-16,20,22-26H2,1-4H3,(H,50,62)(H,52,53,55)(H,54,61,63). The minimum atomic E-state index is -2.93. The molecule has 4 aliphatic heterocycles. The van der Waals surface area contributed by atoms with Gasteiger partial charge in [-0.15, -0.1) is 0 Å². The van der Waals surface area contributed by atoms with Crippen molar-refractivity contribution >= 4 is 69.1 Å². The number of nitrogens with zero attached hydrogens (tertiary/aromatic N) is 6. The number of likely N-dealkylation sites (tertiary alicyclic amines) is 1. The van der Waals surface area contributed by atoms with E-state index in [0.717, 1.165) is 24.8 Å². The number of carbonyl (C=O) groups is 4. The number of carbonyl (C=O) groups excluding carboxylic acids is 4. The van der Waals surface area contributed by atoms with Gasteiger partial charge in [-0.25, -0.2) is 13.8 Å². The predicted octanol–water partition coefficient (Wildman–Crippen LogP) is 5.06. The summed E-state index contributed by atoms with van der Waals surface area (Å²) in [5, 5.41) is 12.3. The molecule has 2 aromatic heterocycles. The molecular formula is C46H55ClF2N10O6. The summed E-state index contributed by atoms with van der Waals surface area (Å²) >= 11 is 6.59. The highest BCUT2D eigenvalue weighted by molar-refractivity contribution is 6.33. The van der Waals surface area contributed by atoms with E-state index in [1.165, 1.54) is 14.0 Å². The normalized spacial score (nSPS) is 19.9. The minimum Gasteiger partial charge on any atom is -0.478 e. The number of imide groups is 1. The second kappa shape index (κ2) is 18.6. The second-order valence-electron chi connectivity index (χ2n) is 18.0. The molecule has 0 bridgehead atoms. The van der Waals surface area contributed by atoms with Crippen LogP contribution in [0.1, 0.15) is 74.8 Å². The molecule has 0 radical (unpaired) electrons. The first-order chi connectivity index (χ1) is 31.0. The maximum atomic E-state index is 16.1. The number of amides is 3. The number of halogens is 3. The van der Waals surface area contributed by atoms with Gasteiger partial charge in [-0.3, -0.25) is 29.3 Å². The quantitative estimate of drug-likeness (QED) is 0.0975. The van der Waals surface area contributed by atoms with E-state index in [4.69, 9.17) is 21.3 Å². The summed E-state index contributed by atoms with van der Waals surface area (Å²) in [7, 11) is 1.50. The van der Waals surface area contributed by atoms with Crippen molar-refractivity contribution in [3.05, 3.63) is 75.2 Å². The summed E-state index contributed by atoms with van der Waals surface area (Å²) in [5.74, 6) is -2.84. The van der Waals surface area contributed by atoms with Gasteiger partial charge in [-0.1, -0.05) is 11.6 Å². The molecule has 4 fully saturated rings. The van der Waals surface area contributed by atoms with Crippen LogP contribution in [-0.2, 0) is 20.9 Å². The molecule has 1 unspecified atom stereocenters. The van der Waals surface area contributed by atoms with E-state index in [1.54, 1.807) is 39.9 Å². The lowest BCUT2D eigenvalue weighted by Crippen LogP contribution is -2.70. The summed E-state index contributed by atoms with van der Waals surface area (Å²) in [6.45, 7) is 7.99. The molecule has 19 heteroatoms. The predicted molar refractivity (Wildman–Crippen MR) is 244 cm³/mol. The van der Waals surface area contributed by atoms with Gasteiger partial charge in [0.15, 0.2) is 24.0 Å². The first-order valence-electron chi connectivity index (χ1n) is 22.2. The Labute approximate surface area is 380 Å². The average molecular weight is 917 g/mol. The smallest absolute Gasteiger partial charge is 0.293 e. The van der Waals surface area contributed by atoms with Gasteiger partial charge in [0.05, 0.1) is 29.7 Å². The van der Waals surface area contributed by atoms with E-state index in [0.29, 0.717) is 96.3 Å². The van der Waals surface area contributed by atoms with Crippen molar-refractivity contribution in [2.75, 3.05) is 74.6 Å². The van der Waals surface area contributed by atoms with Gasteiger partial charge in [0.25, 0.3) is 17.4 Å². The van der Waals surface area contributed by atoms with Crippen molar-refractivity contribution in [1.82, 2.24) is 35.4 Å². The van der Waals surface area contributed by atoms with Crippen molar-refractivity contribution in [2.24, 2.45) is 11.3 Å². The largest absolute Gasteiger partial charge is 0.478 e. The molecule has 65 heavy (non-hydrogen) atoms. The Morgan fingerprint density at radius 2 is 1.77 bits per heavy atom. The number of alkyl halides is 2. The summed E-state index contributed by atoms with van der Waals surface area (Å²) in [6.07, 6.45) is 4.17. The molecule has 3 amide bonds. The fourth-order valence-corrected chi connectivity index (χ4v) is 9.74. The first-order valence-corrected chi connectivity index (χ1v) is 22.5. The lowest BCUT2D eigenvalue weighted by molar-refractivity contribution is -0.200. The van der Waals surface area contributed by atoms with Crippen LogP contribution >= 0.6 is 11.6 Å². The molecule has 1 spiro atoms. The Hall–Kier alpha value is -5.72. The topological polar surface area (TPSA) is 183 Å². The monoisotopic (exact) mass is 916 g/mol. The SMILES string of the molecule is CNC(=O)COc1cc2cc(Nc3nc(N4CCC(CN5CC6(CCN(c7ccc(C(C)=O)c(CNC8CCC(=O)NC8=O)c7)CC6(F)F)C5)CC4)ncc3Cl)ccc2n(C(C)C)c1=O. The summed E-state index contributed by atoms with van der Waals surface area (Å²) in [4.78, 5) is 76.7. The van der Waals surface area contributed by atoms with Gasteiger partial charge in [-0.2, -0.15) is 4.98 Å². The number of aromatic nitrogens is 3. The number of hydrogen-bond donors (Lipinski definition) is 4. The van der Waals surface area contributed by atoms with Crippen LogP contribution in [0.5, 0.6) is 5.75 Å². The molecule has 6 heterocycles. The van der Waals surface area contributed by atoms with Crippen LogP contribution in [0.3, 0.4) is 0 Å². The van der Waals surface area contributed by atoms with Gasteiger partial charge >= 0.3 is 0 Å². The van der Waals surface area contributed by atoms with Crippen molar-refractivity contribution in [3.63, 3.8) is 0 Å². The number of Topliss-reactive ketones (excluding diaryl/α,β-unsaturated/α-hetero) is 1. The van der Waals surface area contributed by atoms with Crippen LogP contribution in [0, 0.1) is 11.3 Å². The van der Waals surface area contributed by atoms with Crippen LogP contribution in [0.25, 0.3) is 10.9 Å². The Kier molecular flexibility index (Phi) is 13.1. The summed E-state index contributed by atoms with van der Waals surface area (Å²) in [6, 6.07) is 11.6. The van der Waals surface area contributed by atoms with Crippen molar-refractivity contribution in [1.29, 1.82) is 0 Å². The zero-order valence-electron chi connectivity index (χ0n) is 37.0. The Bertz CT molecular complexity index is 2560. The van der Waals surface area contributed by atoms with Crippen LogP contribution in [0.4, 0.5) is 31.9 Å². The van der Waals surface area contributed by atoms with E-state index >= 15 is 8.78 Å². The Morgan fingerprint density at radius 1 is 1.00 bits per heavy atom. The van der Waals surface area contributed by atoms with E-state index in [9.17, 15) is 24.0 Å². The van der Waals surface area contributed by atoms with E-state index < -0.39 is 29.8 Å². The third-order valence-corrected chi connectivity index (χ3v) is 13.5. The van der Waals surface area contributed by atoms with Crippen LogP contribution in [-0.4, -0.2) is 114 Å². The number of rotatable bonds is 14. The number of piperidine rings is 3. The zero-order chi connectivity index (χ0) is 46.2. The number of pyridine rings is 1. The van der Waals surface area contributed by atoms with Crippen LogP contribution < -0.4 is 41.4 Å². The molecular weight excluding hydrogens is 862 g/mol. The number of nitrogens with one attached hydrogen (secondary N) is 4. The molecule has 8 rings (SSSR count). The van der Waals surface area contributed by atoms with Gasteiger partial charge < -0.3 is 40.0 Å². The lowest BCUT2D eigenvalue weighted by Gasteiger charge is -2.58. The number of ether oxygens (including phenoxy) is 1. The van der Waals surface area contributed by atoms with Gasteiger partial charge in [0, 0.05) is 87.6 Å². The molecule has 0 saturated carbocycles. The van der Waals surface area contributed by atoms with Crippen molar-refractivity contribution in [2.45, 2.75) is 77.4 Å². The number of hydrogen-bond acceptors (Lipinski definition) is 13. The third-order valence-electron chi connectivity index (χ3n) is 13.3. The van der Waals surface area contributed by atoms with Crippen LogP contribution in [0.2, 0.25) is 5.02 Å². The van der Waals surface area contributed by atoms with Crippen LogP contribution in [0.15, 0.2) is 53.5 Å². The fourth-order valence-electron chi connectivity index (χ4n) is 9.60. The minimum absolute atomic E-state index is 0.0654. The molecule has 16 nitrogen and oxygen atoms in total. The number of anilines is 4. The first kappa shape index (κ1) is 45.8. The zero-order valence-corrected chi connectivity index (χ0v) is 37.8. The molecule has 4 N–H and O–H groups in total. The summed E-state index contributed by atoms with van der Waals surface area (Å²) in [5.41, 5.74) is 1.63.